The van der Waals surface area contributed by atoms with Crippen molar-refractivity contribution < 1.29 is 0 Å². The van der Waals surface area contributed by atoms with Crippen LogP contribution >= 0.6 is 0 Å². The monoisotopic (exact) mass is 474 g/mol. The number of rotatable bonds is 7. The Balaban J connectivity index is 1.90. The fraction of sp³-hybridized carbons (Fsp3) is 0.400. The lowest BCUT2D eigenvalue weighted by molar-refractivity contribution is 0.579. The van der Waals surface area contributed by atoms with Crippen molar-refractivity contribution >= 4 is 28.0 Å². The van der Waals surface area contributed by atoms with Crippen molar-refractivity contribution in [1.29, 1.82) is 0 Å². The Bertz CT molecular complexity index is 1590. The fourth-order valence-corrected chi connectivity index (χ4v) is 4.23. The number of anilines is 1. The first-order chi connectivity index (χ1) is 16.8. The third kappa shape index (κ3) is 4.42. The summed E-state index contributed by atoms with van der Waals surface area (Å²) in [6, 6.07) is 7.66. The van der Waals surface area contributed by atoms with Crippen LogP contribution in [0.5, 0.6) is 0 Å². The largest absolute Gasteiger partial charge is 0.345 e. The number of aryl methyl sites for hydroxylation is 2. The highest BCUT2D eigenvalue weighted by Crippen LogP contribution is 2.20. The molecule has 0 bridgehead atoms. The molecule has 1 atom stereocenters. The lowest BCUT2D eigenvalue weighted by Crippen LogP contribution is -2.40. The molecule has 35 heavy (non-hydrogen) atoms. The van der Waals surface area contributed by atoms with Crippen molar-refractivity contribution in [2.24, 2.45) is 18.7 Å². The molecule has 4 aromatic rings. The van der Waals surface area contributed by atoms with Crippen LogP contribution in [0.1, 0.15) is 25.4 Å². The predicted molar refractivity (Wildman–Crippen MR) is 138 cm³/mol. The highest BCUT2D eigenvalue weighted by atomic mass is 16.2. The van der Waals surface area contributed by atoms with Crippen molar-refractivity contribution in [1.82, 2.24) is 28.7 Å². The maximum absolute atomic E-state index is 13.7. The minimum absolute atomic E-state index is 0.0485. The van der Waals surface area contributed by atoms with E-state index in [0.717, 1.165) is 21.2 Å². The van der Waals surface area contributed by atoms with Crippen LogP contribution in [0.2, 0.25) is 0 Å². The molecule has 0 saturated heterocycles. The SMILES string of the molecule is CC#CCn1c(N(C)C[C@H](C)CN)nc2c1c(=O)n(Cc1nc(C)c3ccccc3n1)c(=O)n2C. The third-order valence-corrected chi connectivity index (χ3v) is 6.10. The number of fused-ring (bicyclic) bond motifs is 2. The van der Waals surface area contributed by atoms with Gasteiger partial charge in [0.05, 0.1) is 18.6 Å². The summed E-state index contributed by atoms with van der Waals surface area (Å²) in [6.07, 6.45) is 0. The minimum atomic E-state index is -0.479. The van der Waals surface area contributed by atoms with Crippen molar-refractivity contribution in [3.63, 3.8) is 0 Å². The van der Waals surface area contributed by atoms with Gasteiger partial charge in [0.2, 0.25) is 5.95 Å². The van der Waals surface area contributed by atoms with E-state index in [-0.39, 0.29) is 19.0 Å². The standard InChI is InChI=1S/C25H30N8O2/c1-6-7-12-32-21-22(29-24(32)30(4)14-16(2)13-26)31(5)25(35)33(23(21)34)15-20-27-17(3)18-10-8-9-11-19(18)28-20/h8-11,16H,12-15,26H2,1-5H3/t16-/m1/s1. The Kier molecular flexibility index (Phi) is 6.71. The van der Waals surface area contributed by atoms with E-state index in [0.29, 0.717) is 36.0 Å². The van der Waals surface area contributed by atoms with E-state index in [1.165, 1.54) is 4.57 Å². The molecular formula is C25H30N8O2. The van der Waals surface area contributed by atoms with Crippen LogP contribution in [0.4, 0.5) is 5.95 Å². The molecule has 3 aromatic heterocycles. The first kappa shape index (κ1) is 24.2. The Hall–Kier alpha value is -3.97. The van der Waals surface area contributed by atoms with E-state index >= 15 is 0 Å². The molecule has 0 fully saturated rings. The van der Waals surface area contributed by atoms with Gasteiger partial charge in [0.25, 0.3) is 5.56 Å². The zero-order valence-electron chi connectivity index (χ0n) is 20.7. The van der Waals surface area contributed by atoms with Gasteiger partial charge in [0.1, 0.15) is 5.82 Å². The Labute approximate surface area is 203 Å². The van der Waals surface area contributed by atoms with Crippen molar-refractivity contribution in [2.45, 2.75) is 33.9 Å². The molecule has 0 aliphatic rings. The van der Waals surface area contributed by atoms with Gasteiger partial charge in [-0.15, -0.1) is 5.92 Å². The number of benzene rings is 1. The van der Waals surface area contributed by atoms with Gasteiger partial charge in [-0.1, -0.05) is 31.0 Å². The number of hydrogen-bond acceptors (Lipinski definition) is 7. The van der Waals surface area contributed by atoms with E-state index in [2.05, 4.69) is 26.8 Å². The Morgan fingerprint density at radius 3 is 2.60 bits per heavy atom. The third-order valence-electron chi connectivity index (χ3n) is 6.10. The average Bonchev–Trinajstić information content (AvgIpc) is 3.24. The second kappa shape index (κ2) is 9.72. The molecule has 0 aliphatic heterocycles. The second-order valence-electron chi connectivity index (χ2n) is 8.79. The number of nitrogens with zero attached hydrogens (tertiary/aromatic N) is 7. The molecule has 10 nitrogen and oxygen atoms in total. The number of aromatic nitrogens is 6. The summed E-state index contributed by atoms with van der Waals surface area (Å²) >= 11 is 0. The van der Waals surface area contributed by atoms with Crippen LogP contribution in [0, 0.1) is 24.7 Å². The van der Waals surface area contributed by atoms with E-state index in [1.807, 2.05) is 50.1 Å². The first-order valence-electron chi connectivity index (χ1n) is 11.5. The minimum Gasteiger partial charge on any atom is -0.345 e. The average molecular weight is 475 g/mol. The lowest BCUT2D eigenvalue weighted by atomic mass is 10.2. The van der Waals surface area contributed by atoms with Crippen LogP contribution < -0.4 is 21.9 Å². The normalized spacial score (nSPS) is 12.1. The van der Waals surface area contributed by atoms with E-state index in [1.54, 1.807) is 18.5 Å². The highest BCUT2D eigenvalue weighted by Gasteiger charge is 2.23. The summed E-state index contributed by atoms with van der Waals surface area (Å²) in [5, 5.41) is 0.933. The van der Waals surface area contributed by atoms with Gasteiger partial charge in [-0.05, 0) is 32.4 Å². The maximum atomic E-state index is 13.7. The number of imidazole rings is 1. The molecule has 10 heteroatoms. The highest BCUT2D eigenvalue weighted by molar-refractivity contribution is 5.80. The van der Waals surface area contributed by atoms with Crippen molar-refractivity contribution in [3.05, 3.63) is 56.6 Å². The Morgan fingerprint density at radius 1 is 1.14 bits per heavy atom. The van der Waals surface area contributed by atoms with Crippen LogP contribution in [0.25, 0.3) is 22.1 Å². The van der Waals surface area contributed by atoms with E-state index < -0.39 is 11.2 Å². The second-order valence-corrected chi connectivity index (χ2v) is 8.79. The number of hydrogen-bond donors (Lipinski definition) is 1. The summed E-state index contributed by atoms with van der Waals surface area (Å²) in [4.78, 5) is 42.7. The van der Waals surface area contributed by atoms with Crippen LogP contribution in [-0.2, 0) is 20.1 Å². The van der Waals surface area contributed by atoms with Gasteiger partial charge in [0.15, 0.2) is 11.2 Å². The lowest BCUT2D eigenvalue weighted by Gasteiger charge is -2.22. The smallest absolute Gasteiger partial charge is 0.332 e. The molecule has 0 spiro atoms. The van der Waals surface area contributed by atoms with Gasteiger partial charge < -0.3 is 10.6 Å². The molecule has 2 N–H and O–H groups in total. The molecule has 4 rings (SSSR count). The quantitative estimate of drug-likeness (QED) is 0.401. The molecule has 0 unspecified atom stereocenters. The number of para-hydroxylation sites is 1. The van der Waals surface area contributed by atoms with Gasteiger partial charge >= 0.3 is 5.69 Å². The van der Waals surface area contributed by atoms with Crippen molar-refractivity contribution in [2.75, 3.05) is 25.0 Å². The number of nitrogens with two attached hydrogens (primary N) is 1. The molecular weight excluding hydrogens is 444 g/mol. The van der Waals surface area contributed by atoms with Crippen LogP contribution in [0.3, 0.4) is 0 Å². The van der Waals surface area contributed by atoms with Gasteiger partial charge in [-0.2, -0.15) is 4.98 Å². The van der Waals surface area contributed by atoms with Crippen LogP contribution in [-0.4, -0.2) is 48.8 Å². The zero-order chi connectivity index (χ0) is 25.3. The molecule has 3 heterocycles. The van der Waals surface area contributed by atoms with Gasteiger partial charge in [0, 0.05) is 31.7 Å². The summed E-state index contributed by atoms with van der Waals surface area (Å²) in [5.74, 6) is 7.08. The molecule has 182 valence electrons. The predicted octanol–water partition coefficient (Wildman–Crippen LogP) is 1.25. The van der Waals surface area contributed by atoms with E-state index in [9.17, 15) is 9.59 Å². The molecule has 0 aliphatic carbocycles. The topological polar surface area (TPSA) is 117 Å². The molecule has 0 radical (unpaired) electrons. The van der Waals surface area contributed by atoms with Crippen LogP contribution in [0.15, 0.2) is 33.9 Å². The summed E-state index contributed by atoms with van der Waals surface area (Å²) < 4.78 is 4.32. The molecule has 1 aromatic carbocycles. The zero-order valence-corrected chi connectivity index (χ0v) is 20.7. The molecule has 0 saturated carbocycles. The summed E-state index contributed by atoms with van der Waals surface area (Å²) in [7, 11) is 3.51. The van der Waals surface area contributed by atoms with E-state index in [4.69, 9.17) is 5.73 Å². The molecule has 0 amide bonds. The summed E-state index contributed by atoms with van der Waals surface area (Å²) in [5.41, 5.74) is 7.06. The van der Waals surface area contributed by atoms with Crippen molar-refractivity contribution in [3.8, 4) is 11.8 Å². The summed E-state index contributed by atoms with van der Waals surface area (Å²) in [6.45, 7) is 7.06. The first-order valence-corrected chi connectivity index (χ1v) is 11.5. The maximum Gasteiger partial charge on any atom is 0.332 e. The van der Waals surface area contributed by atoms with Gasteiger partial charge in [-0.25, -0.2) is 14.8 Å². The van der Waals surface area contributed by atoms with Gasteiger partial charge in [-0.3, -0.25) is 18.5 Å². The Morgan fingerprint density at radius 2 is 1.89 bits per heavy atom. The fourth-order valence-electron chi connectivity index (χ4n) is 4.23.